The van der Waals surface area contributed by atoms with Crippen LogP contribution in [-0.4, -0.2) is 24.8 Å². The Hall–Kier alpha value is -3.73. The number of amides is 1. The van der Waals surface area contributed by atoms with E-state index in [2.05, 4.69) is 5.32 Å². The Labute approximate surface area is 168 Å². The highest BCUT2D eigenvalue weighted by molar-refractivity contribution is 6.22. The molecule has 0 bridgehead atoms. The van der Waals surface area contributed by atoms with Crippen LogP contribution < -0.4 is 5.32 Å². The Bertz CT molecular complexity index is 1100. The third-order valence-electron chi connectivity index (χ3n) is 5.09. The molecule has 5 heteroatoms. The molecule has 4 rings (SSSR count). The number of methoxy groups -OCH3 is 1. The highest BCUT2D eigenvalue weighted by Gasteiger charge is 2.27. The van der Waals surface area contributed by atoms with Crippen molar-refractivity contribution in [2.45, 2.75) is 12.5 Å². The number of hydrogen-bond donors (Lipinski definition) is 1. The number of ether oxygens (including phenoxy) is 1. The van der Waals surface area contributed by atoms with Crippen LogP contribution in [0.1, 0.15) is 44.3 Å². The van der Waals surface area contributed by atoms with Crippen LogP contribution in [0, 0.1) is 0 Å². The van der Waals surface area contributed by atoms with Crippen molar-refractivity contribution in [2.24, 2.45) is 0 Å². The maximum Gasteiger partial charge on any atom is 0.307 e. The molecule has 1 amide bonds. The molecule has 0 aromatic heterocycles. The largest absolute Gasteiger partial charge is 0.469 e. The second-order valence-corrected chi connectivity index (χ2v) is 6.85. The Morgan fingerprint density at radius 2 is 1.52 bits per heavy atom. The van der Waals surface area contributed by atoms with Gasteiger partial charge in [-0.05, 0) is 28.8 Å². The molecule has 29 heavy (non-hydrogen) atoms. The van der Waals surface area contributed by atoms with E-state index in [9.17, 15) is 14.4 Å². The Morgan fingerprint density at radius 1 is 0.862 bits per heavy atom. The van der Waals surface area contributed by atoms with Crippen molar-refractivity contribution >= 4 is 17.7 Å². The van der Waals surface area contributed by atoms with E-state index in [0.717, 1.165) is 16.7 Å². The molecular weight excluding hydrogens is 366 g/mol. The van der Waals surface area contributed by atoms with Gasteiger partial charge in [-0.15, -0.1) is 0 Å². The minimum absolute atomic E-state index is 0.0154. The molecule has 1 N–H and O–H groups in total. The molecule has 1 atom stereocenters. The molecule has 0 saturated heterocycles. The maximum absolute atomic E-state index is 12.9. The maximum atomic E-state index is 12.9. The third kappa shape index (κ3) is 3.55. The van der Waals surface area contributed by atoms with Crippen molar-refractivity contribution in [3.8, 4) is 11.1 Å². The van der Waals surface area contributed by atoms with Gasteiger partial charge in [0.1, 0.15) is 0 Å². The lowest BCUT2D eigenvalue weighted by Gasteiger charge is -2.18. The van der Waals surface area contributed by atoms with Crippen molar-refractivity contribution < 1.29 is 19.1 Å². The number of hydrogen-bond acceptors (Lipinski definition) is 4. The van der Waals surface area contributed by atoms with Crippen LogP contribution in [0.2, 0.25) is 0 Å². The average Bonchev–Trinajstić information content (AvgIpc) is 3.05. The second-order valence-electron chi connectivity index (χ2n) is 6.85. The summed E-state index contributed by atoms with van der Waals surface area (Å²) in [7, 11) is 1.32. The van der Waals surface area contributed by atoms with E-state index in [-0.39, 0.29) is 18.1 Å². The molecule has 0 saturated carbocycles. The Kier molecular flexibility index (Phi) is 4.96. The monoisotopic (exact) mass is 385 g/mol. The van der Waals surface area contributed by atoms with E-state index in [4.69, 9.17) is 4.74 Å². The predicted molar refractivity (Wildman–Crippen MR) is 109 cm³/mol. The van der Waals surface area contributed by atoms with Gasteiger partial charge in [0, 0.05) is 16.7 Å². The Morgan fingerprint density at radius 3 is 2.24 bits per heavy atom. The second kappa shape index (κ2) is 7.72. The summed E-state index contributed by atoms with van der Waals surface area (Å²) in [5.41, 5.74) is 4.05. The fourth-order valence-electron chi connectivity index (χ4n) is 3.60. The smallest absolute Gasteiger partial charge is 0.307 e. The van der Waals surface area contributed by atoms with Gasteiger partial charge in [0.05, 0.1) is 19.6 Å². The SMILES string of the molecule is COC(=O)C[C@H](NC(=O)c1ccc2c(c1)C(=O)c1ccccc1-2)c1ccccc1. The lowest BCUT2D eigenvalue weighted by atomic mass is 10.0. The molecule has 0 heterocycles. The number of ketones is 1. The minimum Gasteiger partial charge on any atom is -0.469 e. The summed E-state index contributed by atoms with van der Waals surface area (Å²) in [6.07, 6.45) is 0.0154. The van der Waals surface area contributed by atoms with Crippen LogP contribution >= 0.6 is 0 Å². The predicted octanol–water partition coefficient (Wildman–Crippen LogP) is 3.93. The third-order valence-corrected chi connectivity index (χ3v) is 5.09. The van der Waals surface area contributed by atoms with Crippen LogP contribution in [-0.2, 0) is 9.53 Å². The molecule has 0 fully saturated rings. The van der Waals surface area contributed by atoms with Gasteiger partial charge in [0.25, 0.3) is 5.91 Å². The van der Waals surface area contributed by atoms with Gasteiger partial charge in [-0.25, -0.2) is 0 Å². The van der Waals surface area contributed by atoms with Gasteiger partial charge in [0.15, 0.2) is 5.78 Å². The van der Waals surface area contributed by atoms with Crippen molar-refractivity contribution in [1.82, 2.24) is 5.32 Å². The summed E-state index contributed by atoms with van der Waals surface area (Å²) in [6.45, 7) is 0. The first-order valence-electron chi connectivity index (χ1n) is 9.29. The summed E-state index contributed by atoms with van der Waals surface area (Å²) in [6, 6.07) is 21.2. The highest BCUT2D eigenvalue weighted by atomic mass is 16.5. The van der Waals surface area contributed by atoms with E-state index in [1.54, 1.807) is 24.3 Å². The van der Waals surface area contributed by atoms with Gasteiger partial charge in [-0.2, -0.15) is 0 Å². The van der Waals surface area contributed by atoms with Crippen molar-refractivity contribution in [3.05, 3.63) is 95.1 Å². The zero-order valence-corrected chi connectivity index (χ0v) is 15.8. The number of esters is 1. The van der Waals surface area contributed by atoms with Crippen molar-refractivity contribution in [3.63, 3.8) is 0 Å². The normalized spacial score (nSPS) is 12.7. The highest BCUT2D eigenvalue weighted by Crippen LogP contribution is 2.36. The topological polar surface area (TPSA) is 72.5 Å². The zero-order valence-electron chi connectivity index (χ0n) is 15.8. The lowest BCUT2D eigenvalue weighted by Crippen LogP contribution is -2.30. The van der Waals surface area contributed by atoms with Gasteiger partial charge in [0.2, 0.25) is 0 Å². The van der Waals surface area contributed by atoms with Crippen molar-refractivity contribution in [1.29, 1.82) is 0 Å². The van der Waals surface area contributed by atoms with E-state index in [1.165, 1.54) is 7.11 Å². The lowest BCUT2D eigenvalue weighted by molar-refractivity contribution is -0.141. The van der Waals surface area contributed by atoms with E-state index < -0.39 is 12.0 Å². The van der Waals surface area contributed by atoms with Gasteiger partial charge in [-0.1, -0.05) is 60.7 Å². The molecule has 0 aliphatic heterocycles. The molecule has 0 radical (unpaired) electrons. The van der Waals surface area contributed by atoms with E-state index in [1.807, 2.05) is 48.5 Å². The van der Waals surface area contributed by atoms with Crippen LogP contribution in [0.4, 0.5) is 0 Å². The van der Waals surface area contributed by atoms with Gasteiger partial charge in [-0.3, -0.25) is 14.4 Å². The number of fused-ring (bicyclic) bond motifs is 3. The van der Waals surface area contributed by atoms with Crippen LogP contribution in [0.25, 0.3) is 11.1 Å². The Balaban J connectivity index is 1.61. The molecule has 0 unspecified atom stereocenters. The fourth-order valence-corrected chi connectivity index (χ4v) is 3.60. The fraction of sp³-hybridized carbons (Fsp3) is 0.125. The summed E-state index contributed by atoms with van der Waals surface area (Å²) in [5, 5.41) is 2.89. The van der Waals surface area contributed by atoms with Crippen molar-refractivity contribution in [2.75, 3.05) is 7.11 Å². The summed E-state index contributed by atoms with van der Waals surface area (Å²) < 4.78 is 4.76. The van der Waals surface area contributed by atoms with E-state index >= 15 is 0 Å². The minimum atomic E-state index is -0.530. The summed E-state index contributed by atoms with van der Waals surface area (Å²) >= 11 is 0. The summed E-state index contributed by atoms with van der Waals surface area (Å²) in [4.78, 5) is 37.4. The molecule has 144 valence electrons. The molecule has 3 aromatic carbocycles. The molecule has 1 aliphatic carbocycles. The number of rotatable bonds is 5. The molecule has 1 aliphatic rings. The zero-order chi connectivity index (χ0) is 20.4. The number of nitrogens with one attached hydrogen (secondary N) is 1. The first-order chi connectivity index (χ1) is 14.1. The van der Waals surface area contributed by atoms with Crippen LogP contribution in [0.5, 0.6) is 0 Å². The quantitative estimate of drug-likeness (QED) is 0.528. The van der Waals surface area contributed by atoms with Gasteiger partial charge >= 0.3 is 5.97 Å². The first-order valence-corrected chi connectivity index (χ1v) is 9.29. The number of carbonyl (C=O) groups is 3. The number of carbonyl (C=O) groups excluding carboxylic acids is 3. The van der Waals surface area contributed by atoms with Crippen LogP contribution in [0.3, 0.4) is 0 Å². The standard InChI is InChI=1S/C24H19NO4/c1-29-22(26)14-21(15-7-3-2-4-8-15)25-24(28)16-11-12-18-17-9-5-6-10-19(17)23(27)20(18)13-16/h2-13,21H,14H2,1H3,(H,25,28)/t21-/m0/s1. The average molecular weight is 385 g/mol. The first kappa shape index (κ1) is 18.6. The molecule has 0 spiro atoms. The van der Waals surface area contributed by atoms with E-state index in [0.29, 0.717) is 16.7 Å². The number of benzene rings is 3. The van der Waals surface area contributed by atoms with Crippen LogP contribution in [0.15, 0.2) is 72.8 Å². The van der Waals surface area contributed by atoms with Gasteiger partial charge < -0.3 is 10.1 Å². The molecule has 3 aromatic rings. The molecule has 5 nitrogen and oxygen atoms in total. The summed E-state index contributed by atoms with van der Waals surface area (Å²) in [5.74, 6) is -0.854. The molecular formula is C24H19NO4.